The van der Waals surface area contributed by atoms with Crippen LogP contribution >= 0.6 is 11.6 Å². The van der Waals surface area contributed by atoms with Crippen LogP contribution in [-0.2, 0) is 9.53 Å². The molecule has 0 unspecified atom stereocenters. The van der Waals surface area contributed by atoms with Crippen LogP contribution < -0.4 is 0 Å². The van der Waals surface area contributed by atoms with Crippen molar-refractivity contribution in [3.05, 3.63) is 0 Å². The third kappa shape index (κ3) is 2.96. The summed E-state index contributed by atoms with van der Waals surface area (Å²) in [6.07, 6.45) is 5.63. The molecule has 0 aromatic carbocycles. The van der Waals surface area contributed by atoms with Crippen LogP contribution in [0.1, 0.15) is 39.0 Å². The second-order valence-electron chi connectivity index (χ2n) is 4.00. The van der Waals surface area contributed by atoms with E-state index in [2.05, 4.69) is 0 Å². The van der Waals surface area contributed by atoms with Crippen molar-refractivity contribution in [1.82, 2.24) is 0 Å². The van der Waals surface area contributed by atoms with E-state index in [4.69, 9.17) is 16.3 Å². The van der Waals surface area contributed by atoms with E-state index < -0.39 is 0 Å². The van der Waals surface area contributed by atoms with Crippen LogP contribution in [0, 0.1) is 5.41 Å². The quantitative estimate of drug-likeness (QED) is 0.659. The first-order valence-corrected chi connectivity index (χ1v) is 5.39. The van der Waals surface area contributed by atoms with E-state index in [9.17, 15) is 4.79 Å². The number of hydrogen-bond acceptors (Lipinski definition) is 2. The molecule has 0 aliphatic heterocycles. The lowest BCUT2D eigenvalue weighted by molar-refractivity contribution is -0.133. The minimum Gasteiger partial charge on any atom is -0.358 e. The highest BCUT2D eigenvalue weighted by molar-refractivity contribution is 6.17. The fraction of sp³-hybridized carbons (Fsp3) is 0.900. The monoisotopic (exact) mass is 204 g/mol. The molecule has 0 atom stereocenters. The Morgan fingerprint density at radius 2 is 2.00 bits per heavy atom. The highest BCUT2D eigenvalue weighted by Gasteiger charge is 2.33. The zero-order chi connectivity index (χ0) is 9.73. The van der Waals surface area contributed by atoms with Crippen LogP contribution in [0.2, 0.25) is 0 Å². The van der Waals surface area contributed by atoms with Crippen molar-refractivity contribution < 1.29 is 9.53 Å². The summed E-state index contributed by atoms with van der Waals surface area (Å²) in [6, 6.07) is 0.113. The van der Waals surface area contributed by atoms with Gasteiger partial charge in [0.25, 0.3) is 0 Å². The maximum atomic E-state index is 11.7. The Kier molecular flexibility index (Phi) is 4.20. The van der Waals surface area contributed by atoms with Crippen LogP contribution in [0.15, 0.2) is 0 Å². The van der Waals surface area contributed by atoms with Gasteiger partial charge in [0, 0.05) is 5.41 Å². The van der Waals surface area contributed by atoms with E-state index in [1.54, 1.807) is 0 Å². The number of carbonyl (C=O) groups excluding carboxylic acids is 1. The molecule has 0 N–H and O–H groups in total. The van der Waals surface area contributed by atoms with E-state index in [0.29, 0.717) is 0 Å². The summed E-state index contributed by atoms with van der Waals surface area (Å²) in [6.45, 7) is 2.23. The standard InChI is InChI=1S/C10H17ClO2/c1-10(5-3-2-4-6-10)9(12)7-13-8-11/h2-8H2,1H3. The van der Waals surface area contributed by atoms with Crippen molar-refractivity contribution in [2.24, 2.45) is 5.41 Å². The molecule has 1 aliphatic rings. The molecule has 0 spiro atoms. The van der Waals surface area contributed by atoms with Crippen LogP contribution in [-0.4, -0.2) is 18.5 Å². The minimum absolute atomic E-state index is 0.113. The van der Waals surface area contributed by atoms with Crippen molar-refractivity contribution in [2.45, 2.75) is 39.0 Å². The number of rotatable bonds is 4. The Morgan fingerprint density at radius 1 is 1.38 bits per heavy atom. The maximum absolute atomic E-state index is 11.7. The molecule has 0 saturated heterocycles. The summed E-state index contributed by atoms with van der Waals surface area (Å²) in [5, 5.41) is 0. The number of carbonyl (C=O) groups is 1. The number of ketones is 1. The summed E-state index contributed by atoms with van der Waals surface area (Å²) >= 11 is 5.36. The number of Topliss-reactive ketones (excluding diaryl/α,β-unsaturated/α-hetero) is 1. The molecule has 0 aromatic heterocycles. The van der Waals surface area contributed by atoms with E-state index in [1.165, 1.54) is 19.3 Å². The number of halogens is 1. The first-order chi connectivity index (χ1) is 6.19. The van der Waals surface area contributed by atoms with E-state index in [0.717, 1.165) is 12.8 Å². The minimum atomic E-state index is -0.135. The zero-order valence-corrected chi connectivity index (χ0v) is 8.90. The average Bonchev–Trinajstić information content (AvgIpc) is 2.15. The van der Waals surface area contributed by atoms with E-state index in [1.807, 2.05) is 6.92 Å². The van der Waals surface area contributed by atoms with Gasteiger partial charge in [-0.25, -0.2) is 0 Å². The van der Waals surface area contributed by atoms with Crippen molar-refractivity contribution in [3.8, 4) is 0 Å². The molecular weight excluding hydrogens is 188 g/mol. The largest absolute Gasteiger partial charge is 0.358 e. The lowest BCUT2D eigenvalue weighted by atomic mass is 9.73. The Hall–Kier alpha value is -0.0800. The van der Waals surface area contributed by atoms with Gasteiger partial charge in [0.15, 0.2) is 5.78 Å². The highest BCUT2D eigenvalue weighted by Crippen LogP contribution is 2.36. The number of alkyl halides is 1. The molecule has 1 fully saturated rings. The average molecular weight is 205 g/mol. The summed E-state index contributed by atoms with van der Waals surface area (Å²) in [7, 11) is 0. The van der Waals surface area contributed by atoms with Crippen molar-refractivity contribution in [2.75, 3.05) is 12.7 Å². The molecular formula is C10H17ClO2. The summed E-state index contributed by atoms with van der Waals surface area (Å²) < 4.78 is 4.93. The zero-order valence-electron chi connectivity index (χ0n) is 8.14. The molecule has 1 aliphatic carbocycles. The second-order valence-corrected chi connectivity index (χ2v) is 4.22. The predicted octanol–water partition coefficient (Wildman–Crippen LogP) is 2.74. The molecule has 0 radical (unpaired) electrons. The van der Waals surface area contributed by atoms with Crippen LogP contribution in [0.4, 0.5) is 0 Å². The topological polar surface area (TPSA) is 26.3 Å². The first-order valence-electron chi connectivity index (χ1n) is 4.86. The molecule has 76 valence electrons. The summed E-state index contributed by atoms with van der Waals surface area (Å²) in [4.78, 5) is 11.7. The Bertz CT molecular complexity index is 174. The molecule has 1 rings (SSSR count). The van der Waals surface area contributed by atoms with Gasteiger partial charge in [-0.2, -0.15) is 0 Å². The fourth-order valence-corrected chi connectivity index (χ4v) is 1.99. The number of ether oxygens (including phenoxy) is 1. The molecule has 0 aromatic rings. The van der Waals surface area contributed by atoms with Gasteiger partial charge < -0.3 is 4.74 Å². The van der Waals surface area contributed by atoms with Gasteiger partial charge in [-0.05, 0) is 12.8 Å². The number of hydrogen-bond donors (Lipinski definition) is 0. The normalized spacial score (nSPS) is 21.4. The lowest BCUT2D eigenvalue weighted by Crippen LogP contribution is -2.33. The third-order valence-electron chi connectivity index (χ3n) is 2.94. The Balaban J connectivity index is 2.42. The van der Waals surface area contributed by atoms with Gasteiger partial charge in [0.2, 0.25) is 0 Å². The van der Waals surface area contributed by atoms with Gasteiger partial charge in [-0.15, -0.1) is 0 Å². The van der Waals surface area contributed by atoms with Crippen molar-refractivity contribution in [1.29, 1.82) is 0 Å². The summed E-state index contributed by atoms with van der Waals surface area (Å²) in [5.41, 5.74) is -0.135. The van der Waals surface area contributed by atoms with Crippen LogP contribution in [0.25, 0.3) is 0 Å². The van der Waals surface area contributed by atoms with Crippen molar-refractivity contribution in [3.63, 3.8) is 0 Å². The van der Waals surface area contributed by atoms with Gasteiger partial charge in [-0.3, -0.25) is 4.79 Å². The first kappa shape index (κ1) is 11.0. The Labute approximate surface area is 84.6 Å². The predicted molar refractivity (Wildman–Crippen MR) is 52.9 cm³/mol. The molecule has 0 amide bonds. The maximum Gasteiger partial charge on any atom is 0.164 e. The van der Waals surface area contributed by atoms with Gasteiger partial charge in [-0.1, -0.05) is 37.8 Å². The SMILES string of the molecule is CC1(C(=O)COCCl)CCCCC1. The molecule has 0 bridgehead atoms. The molecule has 1 saturated carbocycles. The molecule has 3 heteroatoms. The second kappa shape index (κ2) is 4.97. The lowest BCUT2D eigenvalue weighted by Gasteiger charge is -2.31. The van der Waals surface area contributed by atoms with E-state index in [-0.39, 0.29) is 23.9 Å². The molecule has 0 heterocycles. The third-order valence-corrected chi connectivity index (χ3v) is 3.09. The van der Waals surface area contributed by atoms with Crippen LogP contribution in [0.5, 0.6) is 0 Å². The molecule has 2 nitrogen and oxygen atoms in total. The van der Waals surface area contributed by atoms with Gasteiger partial charge in [0.1, 0.15) is 12.7 Å². The molecule has 13 heavy (non-hydrogen) atoms. The summed E-state index contributed by atoms with van der Waals surface area (Å²) in [5.74, 6) is 0.216. The van der Waals surface area contributed by atoms with Gasteiger partial charge in [0.05, 0.1) is 0 Å². The van der Waals surface area contributed by atoms with Crippen LogP contribution in [0.3, 0.4) is 0 Å². The fourth-order valence-electron chi connectivity index (χ4n) is 1.92. The van der Waals surface area contributed by atoms with Crippen molar-refractivity contribution >= 4 is 17.4 Å². The smallest absolute Gasteiger partial charge is 0.164 e. The Morgan fingerprint density at radius 3 is 2.54 bits per heavy atom. The van der Waals surface area contributed by atoms with Gasteiger partial charge >= 0.3 is 0 Å². The van der Waals surface area contributed by atoms with E-state index >= 15 is 0 Å². The highest BCUT2D eigenvalue weighted by atomic mass is 35.5.